The molecule has 0 saturated heterocycles. The van der Waals surface area contributed by atoms with Gasteiger partial charge in [0.05, 0.1) is 0 Å². The number of aliphatic hydroxyl groups is 1. The van der Waals surface area contributed by atoms with Crippen molar-refractivity contribution in [3.63, 3.8) is 0 Å². The predicted molar refractivity (Wildman–Crippen MR) is 51.5 cm³/mol. The lowest BCUT2D eigenvalue weighted by Crippen LogP contribution is -1.96. The summed E-state index contributed by atoms with van der Waals surface area (Å²) in [5, 5.41) is 11.9. The van der Waals surface area contributed by atoms with Gasteiger partial charge in [0.2, 0.25) is 0 Å². The van der Waals surface area contributed by atoms with E-state index in [0.29, 0.717) is 0 Å². The summed E-state index contributed by atoms with van der Waals surface area (Å²) in [4.78, 5) is 0. The lowest BCUT2D eigenvalue weighted by molar-refractivity contribution is 0.299. The Labute approximate surface area is 73.2 Å². The minimum Gasteiger partial charge on any atom is -0.396 e. The molecule has 0 aliphatic rings. The summed E-state index contributed by atoms with van der Waals surface area (Å²) in [6.45, 7) is 2.28. The van der Waals surface area contributed by atoms with Gasteiger partial charge in [0.1, 0.15) is 0 Å². The molecule has 0 saturated carbocycles. The number of hydrogen-bond donors (Lipinski definition) is 2. The molecule has 0 aliphatic heterocycles. The summed E-state index contributed by atoms with van der Waals surface area (Å²) in [7, 11) is 1.90. The maximum atomic E-state index is 8.79. The van der Waals surface area contributed by atoms with E-state index in [2.05, 4.69) is 24.4 Å². The van der Waals surface area contributed by atoms with Crippen molar-refractivity contribution in [3.05, 3.63) is 29.3 Å². The summed E-state index contributed by atoms with van der Waals surface area (Å²) in [6, 6.07) is 6.18. The highest BCUT2D eigenvalue weighted by atomic mass is 16.2. The quantitative estimate of drug-likeness (QED) is 0.712. The third-order valence-electron chi connectivity index (χ3n) is 2.02. The predicted octanol–water partition coefficient (Wildman–Crippen LogP) is 1.57. The van der Waals surface area contributed by atoms with Crippen molar-refractivity contribution < 1.29 is 5.11 Å². The monoisotopic (exact) mass is 165 g/mol. The molecule has 1 aromatic rings. The Morgan fingerprint density at radius 3 is 2.75 bits per heavy atom. The number of rotatable bonds is 3. The summed E-state index contributed by atoms with van der Waals surface area (Å²) in [6.07, 6.45) is 0.737. The van der Waals surface area contributed by atoms with Crippen molar-refractivity contribution in [1.29, 1.82) is 0 Å². The van der Waals surface area contributed by atoms with Crippen LogP contribution in [0.5, 0.6) is 0 Å². The Hall–Kier alpha value is -1.02. The Balaban J connectivity index is 2.91. The standard InChI is InChI=1S/C10H15NO/c1-8-3-4-10(11-2)7-9(8)5-6-12/h3-4,7,11-12H,5-6H2,1-2H3. The number of nitrogens with one attached hydrogen (secondary N) is 1. The van der Waals surface area contributed by atoms with E-state index < -0.39 is 0 Å². The second-order valence-electron chi connectivity index (χ2n) is 2.86. The largest absolute Gasteiger partial charge is 0.396 e. The topological polar surface area (TPSA) is 32.3 Å². The first-order valence-electron chi connectivity index (χ1n) is 4.16. The van der Waals surface area contributed by atoms with Crippen LogP contribution in [-0.2, 0) is 6.42 Å². The van der Waals surface area contributed by atoms with Gasteiger partial charge in [0.25, 0.3) is 0 Å². The zero-order valence-electron chi connectivity index (χ0n) is 7.59. The van der Waals surface area contributed by atoms with Crippen molar-refractivity contribution in [2.45, 2.75) is 13.3 Å². The van der Waals surface area contributed by atoms with E-state index >= 15 is 0 Å². The molecule has 1 rings (SSSR count). The highest BCUT2D eigenvalue weighted by Gasteiger charge is 1.97. The first-order chi connectivity index (χ1) is 5.77. The Morgan fingerprint density at radius 1 is 1.42 bits per heavy atom. The van der Waals surface area contributed by atoms with Gasteiger partial charge in [-0.05, 0) is 36.6 Å². The summed E-state index contributed by atoms with van der Waals surface area (Å²) >= 11 is 0. The van der Waals surface area contributed by atoms with Crippen LogP contribution in [0.4, 0.5) is 5.69 Å². The van der Waals surface area contributed by atoms with Gasteiger partial charge in [0.15, 0.2) is 0 Å². The second kappa shape index (κ2) is 4.12. The Morgan fingerprint density at radius 2 is 2.17 bits per heavy atom. The third kappa shape index (κ3) is 1.98. The Bertz CT molecular complexity index is 258. The summed E-state index contributed by atoms with van der Waals surface area (Å²) in [5.74, 6) is 0. The van der Waals surface area contributed by atoms with Gasteiger partial charge in [-0.1, -0.05) is 6.07 Å². The number of aryl methyl sites for hydroxylation is 1. The smallest absolute Gasteiger partial charge is 0.0471 e. The lowest BCUT2D eigenvalue weighted by atomic mass is 10.1. The molecular weight excluding hydrogens is 150 g/mol. The molecule has 0 atom stereocenters. The minimum absolute atomic E-state index is 0.216. The molecule has 2 N–H and O–H groups in total. The minimum atomic E-state index is 0.216. The van der Waals surface area contributed by atoms with Crippen molar-refractivity contribution in [1.82, 2.24) is 0 Å². The molecule has 0 radical (unpaired) electrons. The SMILES string of the molecule is CNc1ccc(C)c(CCO)c1. The van der Waals surface area contributed by atoms with E-state index in [0.717, 1.165) is 12.1 Å². The van der Waals surface area contributed by atoms with Gasteiger partial charge in [0, 0.05) is 19.3 Å². The first-order valence-corrected chi connectivity index (χ1v) is 4.16. The van der Waals surface area contributed by atoms with Crippen LogP contribution in [0, 0.1) is 6.92 Å². The maximum Gasteiger partial charge on any atom is 0.0471 e. The van der Waals surface area contributed by atoms with Crippen LogP contribution in [0.1, 0.15) is 11.1 Å². The number of hydrogen-bond acceptors (Lipinski definition) is 2. The van der Waals surface area contributed by atoms with Gasteiger partial charge in [-0.15, -0.1) is 0 Å². The van der Waals surface area contributed by atoms with Crippen LogP contribution in [0.3, 0.4) is 0 Å². The van der Waals surface area contributed by atoms with E-state index in [1.807, 2.05) is 13.1 Å². The molecule has 2 nitrogen and oxygen atoms in total. The fraction of sp³-hybridized carbons (Fsp3) is 0.400. The van der Waals surface area contributed by atoms with Gasteiger partial charge in [-0.3, -0.25) is 0 Å². The fourth-order valence-electron chi connectivity index (χ4n) is 1.22. The molecule has 66 valence electrons. The first kappa shape index (κ1) is 9.07. The molecule has 0 aromatic heterocycles. The maximum absolute atomic E-state index is 8.79. The molecule has 2 heteroatoms. The van der Waals surface area contributed by atoms with Gasteiger partial charge < -0.3 is 10.4 Å². The molecule has 1 aromatic carbocycles. The van der Waals surface area contributed by atoms with Crippen molar-refractivity contribution in [2.75, 3.05) is 19.0 Å². The summed E-state index contributed by atoms with van der Waals surface area (Å²) < 4.78 is 0. The highest BCUT2D eigenvalue weighted by molar-refractivity contribution is 5.47. The van der Waals surface area contributed by atoms with Crippen LogP contribution in [0.25, 0.3) is 0 Å². The fourth-order valence-corrected chi connectivity index (χ4v) is 1.22. The van der Waals surface area contributed by atoms with Crippen LogP contribution in [0.2, 0.25) is 0 Å². The zero-order valence-corrected chi connectivity index (χ0v) is 7.59. The highest BCUT2D eigenvalue weighted by Crippen LogP contribution is 2.14. The molecule has 0 unspecified atom stereocenters. The van der Waals surface area contributed by atoms with Crippen molar-refractivity contribution in [3.8, 4) is 0 Å². The normalized spacial score (nSPS) is 9.92. The molecular formula is C10H15NO. The van der Waals surface area contributed by atoms with E-state index in [1.165, 1.54) is 11.1 Å². The molecule has 0 aliphatic carbocycles. The lowest BCUT2D eigenvalue weighted by Gasteiger charge is -2.06. The van der Waals surface area contributed by atoms with Crippen LogP contribution in [-0.4, -0.2) is 18.8 Å². The third-order valence-corrected chi connectivity index (χ3v) is 2.02. The number of aliphatic hydroxyl groups excluding tert-OH is 1. The molecule has 0 heterocycles. The molecule has 0 bridgehead atoms. The number of benzene rings is 1. The second-order valence-corrected chi connectivity index (χ2v) is 2.86. The Kier molecular flexibility index (Phi) is 3.11. The average Bonchev–Trinajstić information content (AvgIpc) is 2.09. The van der Waals surface area contributed by atoms with E-state index in [4.69, 9.17) is 5.11 Å². The molecule has 12 heavy (non-hydrogen) atoms. The van der Waals surface area contributed by atoms with E-state index in [9.17, 15) is 0 Å². The van der Waals surface area contributed by atoms with Gasteiger partial charge >= 0.3 is 0 Å². The molecule has 0 fully saturated rings. The number of anilines is 1. The summed E-state index contributed by atoms with van der Waals surface area (Å²) in [5.41, 5.74) is 3.55. The van der Waals surface area contributed by atoms with Crippen LogP contribution in [0.15, 0.2) is 18.2 Å². The van der Waals surface area contributed by atoms with Crippen molar-refractivity contribution in [2.24, 2.45) is 0 Å². The van der Waals surface area contributed by atoms with Crippen LogP contribution >= 0.6 is 0 Å². The molecule has 0 spiro atoms. The van der Waals surface area contributed by atoms with E-state index in [1.54, 1.807) is 0 Å². The van der Waals surface area contributed by atoms with Gasteiger partial charge in [-0.2, -0.15) is 0 Å². The van der Waals surface area contributed by atoms with Crippen LogP contribution < -0.4 is 5.32 Å². The zero-order chi connectivity index (χ0) is 8.97. The van der Waals surface area contributed by atoms with Crippen molar-refractivity contribution >= 4 is 5.69 Å². The average molecular weight is 165 g/mol. The molecule has 0 amide bonds. The van der Waals surface area contributed by atoms with E-state index in [-0.39, 0.29) is 6.61 Å². The van der Waals surface area contributed by atoms with Gasteiger partial charge in [-0.25, -0.2) is 0 Å².